The fraction of sp³-hybridized carbons (Fsp3) is 0.417. The highest BCUT2D eigenvalue weighted by molar-refractivity contribution is 9.10. The molecular weight excluding hydrogens is 256 g/mol. The van der Waals surface area contributed by atoms with E-state index in [9.17, 15) is 9.90 Å². The lowest BCUT2D eigenvalue weighted by molar-refractivity contribution is -0.144. The Balaban J connectivity index is 3.33. The summed E-state index contributed by atoms with van der Waals surface area (Å²) in [5.74, 6) is -0.751. The van der Waals surface area contributed by atoms with E-state index in [1.54, 1.807) is 0 Å². The number of benzene rings is 1. The molecule has 15 heavy (non-hydrogen) atoms. The molecule has 0 bridgehead atoms. The van der Waals surface area contributed by atoms with Crippen LogP contribution >= 0.6 is 15.9 Å². The van der Waals surface area contributed by atoms with Crippen LogP contribution in [0.5, 0.6) is 0 Å². The molecular formula is C12H15BrO2. The van der Waals surface area contributed by atoms with Gasteiger partial charge >= 0.3 is 5.97 Å². The molecule has 0 amide bonds. The zero-order valence-electron chi connectivity index (χ0n) is 8.96. The minimum absolute atomic E-state index is 0.599. The highest BCUT2D eigenvalue weighted by Gasteiger charge is 2.37. The summed E-state index contributed by atoms with van der Waals surface area (Å²) in [6.45, 7) is 3.83. The van der Waals surface area contributed by atoms with Gasteiger partial charge in [-0.15, -0.1) is 0 Å². The Bertz CT molecular complexity index is 356. The molecule has 0 saturated carbocycles. The van der Waals surface area contributed by atoms with Gasteiger partial charge < -0.3 is 5.11 Å². The van der Waals surface area contributed by atoms with Crippen LogP contribution in [-0.2, 0) is 10.2 Å². The van der Waals surface area contributed by atoms with E-state index in [1.165, 1.54) is 0 Å². The SMILES string of the molecule is CCC(CC)(C(=O)O)c1ccccc1Br. The third-order valence-corrected chi connectivity index (χ3v) is 3.70. The molecule has 0 aliphatic carbocycles. The Morgan fingerprint density at radius 3 is 2.27 bits per heavy atom. The summed E-state index contributed by atoms with van der Waals surface area (Å²) < 4.78 is 0.871. The molecule has 0 aliphatic rings. The third kappa shape index (κ3) is 2.07. The molecule has 2 nitrogen and oxygen atoms in total. The number of hydrogen-bond donors (Lipinski definition) is 1. The predicted molar refractivity (Wildman–Crippen MR) is 64.0 cm³/mol. The normalized spacial score (nSPS) is 11.4. The van der Waals surface area contributed by atoms with E-state index < -0.39 is 11.4 Å². The van der Waals surface area contributed by atoms with Crippen LogP contribution in [0.3, 0.4) is 0 Å². The molecule has 1 N–H and O–H groups in total. The smallest absolute Gasteiger partial charge is 0.314 e. The zero-order chi connectivity index (χ0) is 11.5. The number of halogens is 1. The minimum atomic E-state index is -0.764. The average Bonchev–Trinajstić information content (AvgIpc) is 2.22. The van der Waals surface area contributed by atoms with Gasteiger partial charge in [0.1, 0.15) is 0 Å². The van der Waals surface area contributed by atoms with Crippen LogP contribution in [0.15, 0.2) is 28.7 Å². The molecule has 0 atom stereocenters. The molecule has 1 rings (SSSR count). The van der Waals surface area contributed by atoms with E-state index in [4.69, 9.17) is 0 Å². The summed E-state index contributed by atoms with van der Waals surface area (Å²) in [6, 6.07) is 7.54. The summed E-state index contributed by atoms with van der Waals surface area (Å²) in [6.07, 6.45) is 1.20. The number of hydrogen-bond acceptors (Lipinski definition) is 1. The molecule has 0 aliphatic heterocycles. The fourth-order valence-electron chi connectivity index (χ4n) is 1.90. The summed E-state index contributed by atoms with van der Waals surface area (Å²) in [5, 5.41) is 9.38. The molecule has 1 aromatic carbocycles. The van der Waals surface area contributed by atoms with Crippen molar-refractivity contribution in [2.75, 3.05) is 0 Å². The molecule has 0 unspecified atom stereocenters. The lowest BCUT2D eigenvalue weighted by Gasteiger charge is -2.28. The van der Waals surface area contributed by atoms with Gasteiger partial charge in [-0.3, -0.25) is 4.79 Å². The van der Waals surface area contributed by atoms with Crippen molar-refractivity contribution in [3.8, 4) is 0 Å². The molecule has 0 spiro atoms. The van der Waals surface area contributed by atoms with Crippen LogP contribution in [0.25, 0.3) is 0 Å². The second kappa shape index (κ2) is 4.79. The predicted octanol–water partition coefficient (Wildman–Crippen LogP) is 3.59. The second-order valence-electron chi connectivity index (χ2n) is 3.57. The number of carbonyl (C=O) groups is 1. The molecule has 3 heteroatoms. The Morgan fingerprint density at radius 1 is 1.33 bits per heavy atom. The number of carboxylic acids is 1. The van der Waals surface area contributed by atoms with Crippen LogP contribution in [0, 0.1) is 0 Å². The minimum Gasteiger partial charge on any atom is -0.481 e. The van der Waals surface area contributed by atoms with Crippen molar-refractivity contribution in [1.82, 2.24) is 0 Å². The van der Waals surface area contributed by atoms with E-state index in [2.05, 4.69) is 15.9 Å². The first kappa shape index (κ1) is 12.2. The van der Waals surface area contributed by atoms with Crippen LogP contribution in [-0.4, -0.2) is 11.1 Å². The van der Waals surface area contributed by atoms with Crippen LogP contribution in [0.1, 0.15) is 32.3 Å². The standard InChI is InChI=1S/C12H15BrO2/c1-3-12(4-2,11(14)15)9-7-5-6-8-10(9)13/h5-8H,3-4H2,1-2H3,(H,14,15). The second-order valence-corrected chi connectivity index (χ2v) is 4.43. The highest BCUT2D eigenvalue weighted by atomic mass is 79.9. The largest absolute Gasteiger partial charge is 0.481 e. The van der Waals surface area contributed by atoms with Crippen molar-refractivity contribution >= 4 is 21.9 Å². The number of rotatable bonds is 4. The number of aliphatic carboxylic acids is 1. The average molecular weight is 271 g/mol. The highest BCUT2D eigenvalue weighted by Crippen LogP contribution is 2.36. The van der Waals surface area contributed by atoms with Crippen molar-refractivity contribution in [2.24, 2.45) is 0 Å². The maximum atomic E-state index is 11.4. The molecule has 0 fully saturated rings. The molecule has 0 aromatic heterocycles. The van der Waals surface area contributed by atoms with Crippen molar-refractivity contribution < 1.29 is 9.90 Å². The van der Waals surface area contributed by atoms with Gasteiger partial charge in [0, 0.05) is 4.47 Å². The van der Waals surface area contributed by atoms with Gasteiger partial charge in [0.05, 0.1) is 5.41 Å². The first-order chi connectivity index (χ1) is 7.08. The topological polar surface area (TPSA) is 37.3 Å². The quantitative estimate of drug-likeness (QED) is 0.908. The maximum absolute atomic E-state index is 11.4. The summed E-state index contributed by atoms with van der Waals surface area (Å²) in [4.78, 5) is 11.4. The summed E-state index contributed by atoms with van der Waals surface area (Å²) in [5.41, 5.74) is 0.0996. The zero-order valence-corrected chi connectivity index (χ0v) is 10.5. The van der Waals surface area contributed by atoms with Gasteiger partial charge in [0.25, 0.3) is 0 Å². The van der Waals surface area contributed by atoms with Crippen molar-refractivity contribution in [3.05, 3.63) is 34.3 Å². The molecule has 0 radical (unpaired) electrons. The maximum Gasteiger partial charge on any atom is 0.314 e. The van der Waals surface area contributed by atoms with Crippen molar-refractivity contribution in [1.29, 1.82) is 0 Å². The third-order valence-electron chi connectivity index (χ3n) is 3.01. The molecule has 82 valence electrons. The molecule has 1 aromatic rings. The Morgan fingerprint density at radius 2 is 1.87 bits per heavy atom. The van der Waals surface area contributed by atoms with Gasteiger partial charge in [-0.2, -0.15) is 0 Å². The van der Waals surface area contributed by atoms with Crippen molar-refractivity contribution in [2.45, 2.75) is 32.1 Å². The summed E-state index contributed by atoms with van der Waals surface area (Å²) in [7, 11) is 0. The van der Waals surface area contributed by atoms with Crippen LogP contribution < -0.4 is 0 Å². The first-order valence-electron chi connectivity index (χ1n) is 5.07. The van der Waals surface area contributed by atoms with E-state index >= 15 is 0 Å². The number of carboxylic acid groups (broad SMARTS) is 1. The Labute approximate surface area is 98.4 Å². The van der Waals surface area contributed by atoms with Gasteiger partial charge in [-0.05, 0) is 24.5 Å². The lowest BCUT2D eigenvalue weighted by Crippen LogP contribution is -2.34. The van der Waals surface area contributed by atoms with E-state index in [0.29, 0.717) is 12.8 Å². The molecule has 0 saturated heterocycles. The Kier molecular flexibility index (Phi) is 3.91. The first-order valence-corrected chi connectivity index (χ1v) is 5.86. The Hall–Kier alpha value is -0.830. The van der Waals surface area contributed by atoms with Crippen LogP contribution in [0.4, 0.5) is 0 Å². The van der Waals surface area contributed by atoms with Gasteiger partial charge in [-0.25, -0.2) is 0 Å². The summed E-state index contributed by atoms with van der Waals surface area (Å²) >= 11 is 3.42. The fourth-order valence-corrected chi connectivity index (χ4v) is 2.56. The van der Waals surface area contributed by atoms with Gasteiger partial charge in [0.15, 0.2) is 0 Å². The van der Waals surface area contributed by atoms with Crippen LogP contribution in [0.2, 0.25) is 0 Å². The monoisotopic (exact) mass is 270 g/mol. The molecule has 0 heterocycles. The van der Waals surface area contributed by atoms with Crippen molar-refractivity contribution in [3.63, 3.8) is 0 Å². The van der Waals surface area contributed by atoms with E-state index in [-0.39, 0.29) is 0 Å². The van der Waals surface area contributed by atoms with E-state index in [0.717, 1.165) is 10.0 Å². The van der Waals surface area contributed by atoms with Gasteiger partial charge in [-0.1, -0.05) is 48.0 Å². The van der Waals surface area contributed by atoms with E-state index in [1.807, 2.05) is 38.1 Å². The van der Waals surface area contributed by atoms with Gasteiger partial charge in [0.2, 0.25) is 0 Å². The lowest BCUT2D eigenvalue weighted by atomic mass is 9.76.